The van der Waals surface area contributed by atoms with Gasteiger partial charge in [-0.2, -0.15) is 0 Å². The van der Waals surface area contributed by atoms with Crippen molar-refractivity contribution in [1.29, 1.82) is 0 Å². The van der Waals surface area contributed by atoms with E-state index in [1.807, 2.05) is 0 Å². The first kappa shape index (κ1) is 21.0. The van der Waals surface area contributed by atoms with Gasteiger partial charge in [0.25, 0.3) is 0 Å². The van der Waals surface area contributed by atoms with Gasteiger partial charge in [0.2, 0.25) is 0 Å². The number of aryl methyl sites for hydroxylation is 2. The third-order valence-electron chi connectivity index (χ3n) is 5.20. The minimum absolute atomic E-state index is 0.0180. The number of carboxylic acids is 1. The van der Waals surface area contributed by atoms with Crippen LogP contribution in [0.2, 0.25) is 0 Å². The highest BCUT2D eigenvalue weighted by atomic mass is 19.1. The molecule has 1 heterocycles. The normalized spacial score (nSPS) is 14.8. The number of hydrogen-bond acceptors (Lipinski definition) is 3. The maximum absolute atomic E-state index is 14.2. The Hall–Kier alpha value is -2.70. The fourth-order valence-electron chi connectivity index (χ4n) is 3.65. The number of aliphatic carboxylic acids is 1. The molecule has 0 atom stereocenters. The maximum Gasteiger partial charge on any atom is 0.303 e. The number of rotatable bonds is 7. The molecule has 0 amide bonds. The van der Waals surface area contributed by atoms with Crippen molar-refractivity contribution < 1.29 is 27.8 Å². The quantitative estimate of drug-likeness (QED) is 0.721. The van der Waals surface area contributed by atoms with Crippen molar-refractivity contribution in [3.05, 3.63) is 58.9 Å². The molecule has 2 aromatic rings. The van der Waals surface area contributed by atoms with Crippen LogP contribution in [0.25, 0.3) is 0 Å². The van der Waals surface area contributed by atoms with Gasteiger partial charge < -0.3 is 14.7 Å². The predicted octanol–water partition coefficient (Wildman–Crippen LogP) is 4.72. The van der Waals surface area contributed by atoms with Crippen molar-refractivity contribution in [2.45, 2.75) is 32.6 Å². The van der Waals surface area contributed by atoms with Gasteiger partial charge in [-0.25, -0.2) is 13.2 Å². The summed E-state index contributed by atoms with van der Waals surface area (Å²) in [6.07, 6.45) is 1.50. The van der Waals surface area contributed by atoms with Crippen LogP contribution in [0, 0.1) is 30.3 Å². The molecule has 0 aromatic heterocycles. The van der Waals surface area contributed by atoms with Crippen LogP contribution in [-0.2, 0) is 11.2 Å². The summed E-state index contributed by atoms with van der Waals surface area (Å²) in [5.41, 5.74) is 1.09. The Balaban J connectivity index is 1.58. The third kappa shape index (κ3) is 5.43. The fraction of sp³-hybridized carbons (Fsp3) is 0.409. The number of anilines is 1. The van der Waals surface area contributed by atoms with Crippen LogP contribution in [-0.4, -0.2) is 30.8 Å². The van der Waals surface area contributed by atoms with Crippen LogP contribution in [0.5, 0.6) is 5.75 Å². The van der Waals surface area contributed by atoms with E-state index in [9.17, 15) is 18.0 Å². The van der Waals surface area contributed by atoms with Crippen molar-refractivity contribution in [2.75, 3.05) is 24.6 Å². The topological polar surface area (TPSA) is 49.8 Å². The first-order valence-corrected chi connectivity index (χ1v) is 9.67. The van der Waals surface area contributed by atoms with Crippen LogP contribution in [0.1, 0.15) is 30.4 Å². The number of nitrogens with zero attached hydrogens (tertiary/aromatic N) is 1. The minimum Gasteiger partial charge on any atom is -0.493 e. The van der Waals surface area contributed by atoms with Crippen LogP contribution in [0.4, 0.5) is 18.9 Å². The lowest BCUT2D eigenvalue weighted by molar-refractivity contribution is -0.136. The Morgan fingerprint density at radius 2 is 1.79 bits per heavy atom. The maximum atomic E-state index is 14.2. The number of carboxylic acid groups (broad SMARTS) is 1. The highest BCUT2D eigenvalue weighted by molar-refractivity contribution is 5.67. The number of halogens is 3. The molecule has 1 saturated heterocycles. The van der Waals surface area contributed by atoms with Crippen LogP contribution in [0.15, 0.2) is 30.3 Å². The van der Waals surface area contributed by atoms with E-state index < -0.39 is 23.4 Å². The van der Waals surface area contributed by atoms with E-state index >= 15 is 0 Å². The average molecular weight is 407 g/mol. The molecule has 1 fully saturated rings. The van der Waals surface area contributed by atoms with E-state index in [-0.39, 0.29) is 24.4 Å². The molecule has 4 nitrogen and oxygen atoms in total. The Morgan fingerprint density at radius 3 is 2.41 bits per heavy atom. The molecule has 7 heteroatoms. The molecule has 0 bridgehead atoms. The van der Waals surface area contributed by atoms with Crippen molar-refractivity contribution in [2.24, 2.45) is 5.92 Å². The molecule has 156 valence electrons. The number of carbonyl (C=O) groups is 1. The summed E-state index contributed by atoms with van der Waals surface area (Å²) in [4.78, 5) is 12.5. The van der Waals surface area contributed by atoms with Crippen LogP contribution < -0.4 is 9.64 Å². The Bertz CT molecular complexity index is 857. The monoisotopic (exact) mass is 407 g/mol. The summed E-state index contributed by atoms with van der Waals surface area (Å²) < 4.78 is 47.7. The number of ether oxygens (including phenoxy) is 1. The van der Waals surface area contributed by atoms with Gasteiger partial charge in [0.1, 0.15) is 28.9 Å². The lowest BCUT2D eigenvalue weighted by atomic mass is 9.97. The second-order valence-corrected chi connectivity index (χ2v) is 7.46. The Morgan fingerprint density at radius 1 is 1.14 bits per heavy atom. The van der Waals surface area contributed by atoms with Gasteiger partial charge in [-0.3, -0.25) is 4.79 Å². The lowest BCUT2D eigenvalue weighted by Crippen LogP contribution is -2.36. The van der Waals surface area contributed by atoms with E-state index in [0.29, 0.717) is 49.4 Å². The molecular weight excluding hydrogens is 383 g/mol. The summed E-state index contributed by atoms with van der Waals surface area (Å²) in [7, 11) is 0. The third-order valence-corrected chi connectivity index (χ3v) is 5.20. The van der Waals surface area contributed by atoms with Gasteiger partial charge in [0.15, 0.2) is 0 Å². The van der Waals surface area contributed by atoms with Gasteiger partial charge in [0, 0.05) is 19.5 Å². The van der Waals surface area contributed by atoms with E-state index in [2.05, 4.69) is 0 Å². The molecule has 1 aliphatic rings. The number of piperidine rings is 1. The molecule has 3 rings (SSSR count). The zero-order valence-electron chi connectivity index (χ0n) is 16.3. The first-order chi connectivity index (χ1) is 13.8. The smallest absolute Gasteiger partial charge is 0.303 e. The largest absolute Gasteiger partial charge is 0.493 e. The predicted molar refractivity (Wildman–Crippen MR) is 104 cm³/mol. The summed E-state index contributed by atoms with van der Waals surface area (Å²) in [6.45, 7) is 3.07. The van der Waals surface area contributed by atoms with E-state index in [1.54, 1.807) is 11.8 Å². The minimum atomic E-state index is -0.955. The molecule has 0 aliphatic carbocycles. The number of hydrogen-bond donors (Lipinski definition) is 1. The summed E-state index contributed by atoms with van der Waals surface area (Å²) in [5, 5.41) is 8.85. The molecule has 1 N–H and O–H groups in total. The van der Waals surface area contributed by atoms with Crippen LogP contribution in [0.3, 0.4) is 0 Å². The first-order valence-electron chi connectivity index (χ1n) is 9.67. The zero-order valence-corrected chi connectivity index (χ0v) is 16.3. The highest BCUT2D eigenvalue weighted by Gasteiger charge is 2.24. The molecule has 2 aromatic carbocycles. The summed E-state index contributed by atoms with van der Waals surface area (Å²) in [5.74, 6) is -1.82. The SMILES string of the molecule is Cc1cc(F)c(N2CCC(COc3ccc(F)cc3CCC(=O)O)CC2)c(F)c1. The highest BCUT2D eigenvalue weighted by Crippen LogP contribution is 2.30. The average Bonchev–Trinajstić information content (AvgIpc) is 2.66. The number of benzene rings is 2. The second-order valence-electron chi connectivity index (χ2n) is 7.46. The van der Waals surface area contributed by atoms with E-state index in [4.69, 9.17) is 9.84 Å². The fourth-order valence-corrected chi connectivity index (χ4v) is 3.65. The van der Waals surface area contributed by atoms with Gasteiger partial charge in [-0.05, 0) is 73.6 Å². The van der Waals surface area contributed by atoms with Gasteiger partial charge in [-0.1, -0.05) is 0 Å². The summed E-state index contributed by atoms with van der Waals surface area (Å²) in [6, 6.07) is 6.76. The lowest BCUT2D eigenvalue weighted by Gasteiger charge is -2.34. The molecule has 0 unspecified atom stereocenters. The molecular formula is C22H24F3NO3. The molecule has 0 saturated carbocycles. The second kappa shape index (κ2) is 9.20. The van der Waals surface area contributed by atoms with Crippen molar-refractivity contribution in [1.82, 2.24) is 0 Å². The van der Waals surface area contributed by atoms with Crippen LogP contribution >= 0.6 is 0 Å². The standard InChI is InChI=1S/C22H24F3NO3/c1-14-10-18(24)22(19(25)11-14)26-8-6-15(7-9-26)13-29-20-4-3-17(23)12-16(20)2-5-21(27)28/h3-4,10-12,15H,2,5-9,13H2,1H3,(H,27,28). The van der Waals surface area contributed by atoms with E-state index in [1.165, 1.54) is 30.3 Å². The van der Waals surface area contributed by atoms with Crippen molar-refractivity contribution in [3.8, 4) is 5.75 Å². The van der Waals surface area contributed by atoms with Gasteiger partial charge in [-0.15, -0.1) is 0 Å². The zero-order chi connectivity index (χ0) is 21.0. The Kier molecular flexibility index (Phi) is 6.67. The van der Waals surface area contributed by atoms with E-state index in [0.717, 1.165) is 0 Å². The van der Waals surface area contributed by atoms with Crippen molar-refractivity contribution in [3.63, 3.8) is 0 Å². The Labute approximate surface area is 167 Å². The molecule has 0 radical (unpaired) electrons. The molecule has 29 heavy (non-hydrogen) atoms. The molecule has 1 aliphatic heterocycles. The molecule has 0 spiro atoms. The van der Waals surface area contributed by atoms with Gasteiger partial charge in [0.05, 0.1) is 6.61 Å². The van der Waals surface area contributed by atoms with Gasteiger partial charge >= 0.3 is 5.97 Å². The van der Waals surface area contributed by atoms with Crippen molar-refractivity contribution >= 4 is 11.7 Å². The summed E-state index contributed by atoms with van der Waals surface area (Å²) >= 11 is 0.